The number of benzene rings is 1. The van der Waals surface area contributed by atoms with Crippen LogP contribution in [0.5, 0.6) is 0 Å². The average Bonchev–Trinajstić information content (AvgIpc) is 3.33. The Kier molecular flexibility index (Phi) is 4.73. The lowest BCUT2D eigenvalue weighted by atomic mass is 9.96. The summed E-state index contributed by atoms with van der Waals surface area (Å²) in [5, 5.41) is 9.55. The van der Waals surface area contributed by atoms with E-state index in [1.54, 1.807) is 6.33 Å². The lowest BCUT2D eigenvalue weighted by molar-refractivity contribution is -0.132. The molecular formula is C20H25N5O. The first-order chi connectivity index (χ1) is 12.8. The second-order valence-electron chi connectivity index (χ2n) is 7.01. The molecule has 1 aliphatic rings. The number of hydrogen-bond acceptors (Lipinski definition) is 3. The van der Waals surface area contributed by atoms with Gasteiger partial charge in [0, 0.05) is 49.1 Å². The van der Waals surface area contributed by atoms with Crippen molar-refractivity contribution in [2.24, 2.45) is 0 Å². The smallest absolute Gasteiger partial charge is 0.222 e. The van der Waals surface area contributed by atoms with Crippen molar-refractivity contribution in [3.8, 4) is 0 Å². The summed E-state index contributed by atoms with van der Waals surface area (Å²) < 4.78 is 2.09. The number of carbonyl (C=O) groups is 1. The number of aromatic amines is 1. The molecule has 1 fully saturated rings. The summed E-state index contributed by atoms with van der Waals surface area (Å²) in [6, 6.07) is 8.25. The highest BCUT2D eigenvalue weighted by Crippen LogP contribution is 2.26. The highest BCUT2D eigenvalue weighted by Gasteiger charge is 2.27. The Balaban J connectivity index is 1.40. The first-order valence-corrected chi connectivity index (χ1v) is 9.46. The monoisotopic (exact) mass is 351 g/mol. The summed E-state index contributed by atoms with van der Waals surface area (Å²) in [5.41, 5.74) is 2.35. The van der Waals surface area contributed by atoms with Crippen LogP contribution in [0.1, 0.15) is 43.5 Å². The fourth-order valence-corrected chi connectivity index (χ4v) is 3.98. The number of aryl methyl sites for hydroxylation is 2. The summed E-state index contributed by atoms with van der Waals surface area (Å²) in [4.78, 5) is 18.1. The fraction of sp³-hybridized carbons (Fsp3) is 0.450. The van der Waals surface area contributed by atoms with Gasteiger partial charge in [0.25, 0.3) is 0 Å². The second-order valence-corrected chi connectivity index (χ2v) is 7.01. The molecule has 6 heteroatoms. The Morgan fingerprint density at radius 1 is 1.35 bits per heavy atom. The van der Waals surface area contributed by atoms with Crippen LogP contribution in [0, 0.1) is 0 Å². The van der Waals surface area contributed by atoms with Crippen molar-refractivity contribution < 1.29 is 4.79 Å². The van der Waals surface area contributed by atoms with E-state index in [2.05, 4.69) is 38.8 Å². The number of hydrogen-bond donors (Lipinski definition) is 1. The molecular weight excluding hydrogens is 326 g/mol. The molecule has 1 atom stereocenters. The molecule has 3 heterocycles. The summed E-state index contributed by atoms with van der Waals surface area (Å²) in [6.07, 6.45) is 7.24. The molecule has 2 aromatic heterocycles. The van der Waals surface area contributed by atoms with Crippen LogP contribution in [0.15, 0.2) is 36.8 Å². The van der Waals surface area contributed by atoms with Crippen molar-refractivity contribution in [3.05, 3.63) is 48.2 Å². The van der Waals surface area contributed by atoms with Gasteiger partial charge in [-0.25, -0.2) is 0 Å². The van der Waals surface area contributed by atoms with Gasteiger partial charge in [0.2, 0.25) is 5.91 Å². The van der Waals surface area contributed by atoms with Crippen LogP contribution in [0.4, 0.5) is 0 Å². The number of piperidine rings is 1. The SMILES string of the molecule is CCn1cnnc1C1CCCN(C(=O)CCc2c[nH]c3ccccc23)C1. The Morgan fingerprint density at radius 2 is 2.23 bits per heavy atom. The number of amides is 1. The zero-order chi connectivity index (χ0) is 17.9. The number of H-pyrrole nitrogens is 1. The molecule has 0 saturated carbocycles. The van der Waals surface area contributed by atoms with Crippen LogP contribution in [-0.2, 0) is 17.8 Å². The molecule has 1 saturated heterocycles. The van der Waals surface area contributed by atoms with Gasteiger partial charge in [-0.3, -0.25) is 4.79 Å². The predicted molar refractivity (Wildman–Crippen MR) is 101 cm³/mol. The number of para-hydroxylation sites is 1. The highest BCUT2D eigenvalue weighted by atomic mass is 16.2. The zero-order valence-electron chi connectivity index (χ0n) is 15.2. The Labute approximate surface area is 153 Å². The number of likely N-dealkylation sites (tertiary alicyclic amines) is 1. The van der Waals surface area contributed by atoms with Crippen molar-refractivity contribution in [1.82, 2.24) is 24.6 Å². The first kappa shape index (κ1) is 16.8. The predicted octanol–water partition coefficient (Wildman–Crippen LogP) is 3.12. The van der Waals surface area contributed by atoms with Crippen LogP contribution >= 0.6 is 0 Å². The number of aromatic nitrogens is 4. The van der Waals surface area contributed by atoms with E-state index < -0.39 is 0 Å². The van der Waals surface area contributed by atoms with Crippen molar-refractivity contribution in [2.75, 3.05) is 13.1 Å². The molecule has 0 radical (unpaired) electrons. The van der Waals surface area contributed by atoms with Gasteiger partial charge in [0.05, 0.1) is 0 Å². The third-order valence-corrected chi connectivity index (χ3v) is 5.41. The van der Waals surface area contributed by atoms with E-state index in [-0.39, 0.29) is 5.91 Å². The number of fused-ring (bicyclic) bond motifs is 1. The van der Waals surface area contributed by atoms with E-state index in [1.807, 2.05) is 23.2 Å². The average molecular weight is 351 g/mol. The molecule has 1 N–H and O–H groups in total. The Bertz CT molecular complexity index is 896. The minimum absolute atomic E-state index is 0.238. The number of rotatable bonds is 5. The third-order valence-electron chi connectivity index (χ3n) is 5.41. The standard InChI is InChI=1S/C20H25N5O/c1-2-24-14-22-23-20(24)16-6-5-11-25(13-16)19(26)10-9-15-12-21-18-8-4-3-7-17(15)18/h3-4,7-8,12,14,16,21H,2,5-6,9-11,13H2,1H3. The molecule has 1 aliphatic heterocycles. The van der Waals surface area contributed by atoms with Gasteiger partial charge in [-0.1, -0.05) is 18.2 Å². The molecule has 26 heavy (non-hydrogen) atoms. The van der Waals surface area contributed by atoms with Crippen molar-refractivity contribution >= 4 is 16.8 Å². The van der Waals surface area contributed by atoms with Crippen molar-refractivity contribution in [3.63, 3.8) is 0 Å². The molecule has 1 aromatic carbocycles. The molecule has 0 spiro atoms. The maximum Gasteiger partial charge on any atom is 0.222 e. The van der Waals surface area contributed by atoms with Crippen LogP contribution in [-0.4, -0.2) is 43.6 Å². The van der Waals surface area contributed by atoms with Crippen molar-refractivity contribution in [1.29, 1.82) is 0 Å². The van der Waals surface area contributed by atoms with Crippen LogP contribution in [0.3, 0.4) is 0 Å². The van der Waals surface area contributed by atoms with Gasteiger partial charge in [0.1, 0.15) is 12.2 Å². The molecule has 0 bridgehead atoms. The normalized spacial score (nSPS) is 17.7. The van der Waals surface area contributed by atoms with E-state index in [0.717, 1.165) is 50.2 Å². The van der Waals surface area contributed by atoms with Crippen LogP contribution < -0.4 is 0 Å². The van der Waals surface area contributed by atoms with Crippen LogP contribution in [0.2, 0.25) is 0 Å². The van der Waals surface area contributed by atoms with Gasteiger partial charge >= 0.3 is 0 Å². The van der Waals surface area contributed by atoms with Crippen molar-refractivity contribution in [2.45, 2.75) is 45.1 Å². The lowest BCUT2D eigenvalue weighted by Gasteiger charge is -2.32. The quantitative estimate of drug-likeness (QED) is 0.768. The molecule has 0 aliphatic carbocycles. The fourth-order valence-electron chi connectivity index (χ4n) is 3.98. The maximum atomic E-state index is 12.8. The minimum Gasteiger partial charge on any atom is -0.361 e. The Hall–Kier alpha value is -2.63. The first-order valence-electron chi connectivity index (χ1n) is 9.46. The summed E-state index contributed by atoms with van der Waals surface area (Å²) in [6.45, 7) is 4.57. The van der Waals surface area contributed by atoms with E-state index in [9.17, 15) is 4.79 Å². The van der Waals surface area contributed by atoms with Gasteiger partial charge in [-0.2, -0.15) is 0 Å². The van der Waals surface area contributed by atoms with E-state index in [1.165, 1.54) is 10.9 Å². The molecule has 4 rings (SSSR count). The van der Waals surface area contributed by atoms with E-state index >= 15 is 0 Å². The van der Waals surface area contributed by atoms with Gasteiger partial charge < -0.3 is 14.5 Å². The minimum atomic E-state index is 0.238. The van der Waals surface area contributed by atoms with E-state index in [0.29, 0.717) is 12.3 Å². The number of nitrogens with zero attached hydrogens (tertiary/aromatic N) is 4. The molecule has 1 unspecified atom stereocenters. The number of carbonyl (C=O) groups excluding carboxylic acids is 1. The highest BCUT2D eigenvalue weighted by molar-refractivity contribution is 5.84. The molecule has 6 nitrogen and oxygen atoms in total. The van der Waals surface area contributed by atoms with Gasteiger partial charge in [-0.15, -0.1) is 10.2 Å². The summed E-state index contributed by atoms with van der Waals surface area (Å²) >= 11 is 0. The molecule has 3 aromatic rings. The number of nitrogens with one attached hydrogen (secondary N) is 1. The third kappa shape index (κ3) is 3.23. The zero-order valence-corrected chi connectivity index (χ0v) is 15.2. The van der Waals surface area contributed by atoms with Gasteiger partial charge in [0.15, 0.2) is 0 Å². The Morgan fingerprint density at radius 3 is 3.12 bits per heavy atom. The molecule has 1 amide bonds. The summed E-state index contributed by atoms with van der Waals surface area (Å²) in [5.74, 6) is 1.55. The van der Waals surface area contributed by atoms with Crippen LogP contribution in [0.25, 0.3) is 10.9 Å². The summed E-state index contributed by atoms with van der Waals surface area (Å²) in [7, 11) is 0. The van der Waals surface area contributed by atoms with E-state index in [4.69, 9.17) is 0 Å². The molecule has 136 valence electrons. The van der Waals surface area contributed by atoms with Gasteiger partial charge in [-0.05, 0) is 37.8 Å². The second kappa shape index (κ2) is 7.32. The maximum absolute atomic E-state index is 12.8. The largest absolute Gasteiger partial charge is 0.361 e. The topological polar surface area (TPSA) is 66.8 Å². The lowest BCUT2D eigenvalue weighted by Crippen LogP contribution is -2.39.